The Morgan fingerprint density at radius 1 is 1.28 bits per heavy atom. The number of carboxylic acids is 1. The summed E-state index contributed by atoms with van der Waals surface area (Å²) in [6, 6.07) is 8.51. The van der Waals surface area contributed by atoms with E-state index in [4.69, 9.17) is 5.11 Å². The van der Waals surface area contributed by atoms with Gasteiger partial charge in [-0.1, -0.05) is 30.3 Å². The number of hydrogen-bond donors (Lipinski definition) is 2. The molecule has 2 N–H and O–H groups in total. The van der Waals surface area contributed by atoms with Gasteiger partial charge in [-0.2, -0.15) is 13.2 Å². The van der Waals surface area contributed by atoms with Gasteiger partial charge in [-0.3, -0.25) is 10.1 Å². The lowest BCUT2D eigenvalue weighted by molar-refractivity contribution is -0.198. The van der Waals surface area contributed by atoms with Gasteiger partial charge in [-0.25, -0.2) is 0 Å². The molecule has 0 saturated heterocycles. The third kappa shape index (κ3) is 3.73. The predicted octanol–water partition coefficient (Wildman–Crippen LogP) is 2.57. The van der Waals surface area contributed by atoms with Gasteiger partial charge < -0.3 is 5.11 Å². The fourth-order valence-corrected chi connectivity index (χ4v) is 1.46. The second kappa shape index (κ2) is 5.39. The second-order valence-corrected chi connectivity index (χ2v) is 4.24. The van der Waals surface area contributed by atoms with Gasteiger partial charge >= 0.3 is 12.1 Å². The molecule has 100 valence electrons. The van der Waals surface area contributed by atoms with Crippen molar-refractivity contribution >= 4 is 5.97 Å². The number of carboxylic acid groups (broad SMARTS) is 1. The molecule has 0 radical (unpaired) electrons. The smallest absolute Gasteiger partial charge is 0.406 e. The molecule has 3 nitrogen and oxygen atoms in total. The Morgan fingerprint density at radius 3 is 2.28 bits per heavy atom. The van der Waals surface area contributed by atoms with E-state index in [1.165, 1.54) is 0 Å². The first-order valence-electron chi connectivity index (χ1n) is 5.32. The van der Waals surface area contributed by atoms with E-state index in [2.05, 4.69) is 5.32 Å². The van der Waals surface area contributed by atoms with Crippen LogP contribution in [-0.2, 0) is 11.3 Å². The van der Waals surface area contributed by atoms with E-state index in [-0.39, 0.29) is 6.54 Å². The van der Waals surface area contributed by atoms with Gasteiger partial charge in [0.2, 0.25) is 0 Å². The highest BCUT2D eigenvalue weighted by Gasteiger charge is 2.52. The molecule has 0 aliphatic rings. The van der Waals surface area contributed by atoms with Crippen molar-refractivity contribution < 1.29 is 23.1 Å². The molecular weight excluding hydrogens is 247 g/mol. The zero-order chi connectivity index (χ0) is 13.8. The van der Waals surface area contributed by atoms with Crippen LogP contribution in [0.2, 0.25) is 0 Å². The fourth-order valence-electron chi connectivity index (χ4n) is 1.46. The van der Waals surface area contributed by atoms with Crippen LogP contribution in [0.4, 0.5) is 13.2 Å². The van der Waals surface area contributed by atoms with E-state index in [1.807, 2.05) is 0 Å². The number of hydrogen-bond acceptors (Lipinski definition) is 2. The lowest BCUT2D eigenvalue weighted by Crippen LogP contribution is -2.55. The molecule has 0 saturated carbocycles. The van der Waals surface area contributed by atoms with Crippen LogP contribution in [0, 0.1) is 0 Å². The van der Waals surface area contributed by atoms with E-state index in [9.17, 15) is 18.0 Å². The molecule has 0 aliphatic carbocycles. The fraction of sp³-hybridized carbons (Fsp3) is 0.417. The van der Waals surface area contributed by atoms with Crippen LogP contribution in [0.15, 0.2) is 30.3 Å². The molecule has 0 spiro atoms. The summed E-state index contributed by atoms with van der Waals surface area (Å²) >= 11 is 0. The molecule has 0 bridgehead atoms. The molecule has 1 aromatic rings. The molecule has 0 heterocycles. The number of carbonyl (C=O) groups is 1. The van der Waals surface area contributed by atoms with Crippen LogP contribution >= 0.6 is 0 Å². The van der Waals surface area contributed by atoms with Crippen molar-refractivity contribution in [2.75, 3.05) is 0 Å². The molecule has 0 amide bonds. The Balaban J connectivity index is 2.77. The standard InChI is InChI=1S/C12H14F3NO2/c1-11(7-10(17)18,12(13,14)15)16-8-9-5-3-2-4-6-9/h2-6,16H,7-8H2,1H3,(H,17,18). The zero-order valence-electron chi connectivity index (χ0n) is 9.79. The molecule has 0 aromatic heterocycles. The van der Waals surface area contributed by atoms with Crippen LogP contribution < -0.4 is 5.32 Å². The Hall–Kier alpha value is -1.56. The highest BCUT2D eigenvalue weighted by Crippen LogP contribution is 2.33. The molecular formula is C12H14F3NO2. The average Bonchev–Trinajstić information content (AvgIpc) is 2.25. The number of benzene rings is 1. The summed E-state index contributed by atoms with van der Waals surface area (Å²) in [7, 11) is 0. The quantitative estimate of drug-likeness (QED) is 0.856. The van der Waals surface area contributed by atoms with Crippen molar-refractivity contribution in [1.82, 2.24) is 5.32 Å². The molecule has 1 atom stereocenters. The van der Waals surface area contributed by atoms with E-state index in [1.54, 1.807) is 30.3 Å². The second-order valence-electron chi connectivity index (χ2n) is 4.24. The van der Waals surface area contributed by atoms with E-state index >= 15 is 0 Å². The summed E-state index contributed by atoms with van der Waals surface area (Å²) in [5.41, 5.74) is -1.77. The lowest BCUT2D eigenvalue weighted by Gasteiger charge is -2.31. The van der Waals surface area contributed by atoms with Gasteiger partial charge in [-0.05, 0) is 12.5 Å². The maximum absolute atomic E-state index is 12.8. The van der Waals surface area contributed by atoms with Crippen LogP contribution in [0.25, 0.3) is 0 Å². The Morgan fingerprint density at radius 2 is 1.83 bits per heavy atom. The minimum absolute atomic E-state index is 0.0376. The third-order valence-electron chi connectivity index (χ3n) is 2.66. The minimum Gasteiger partial charge on any atom is -0.481 e. The van der Waals surface area contributed by atoms with Gasteiger partial charge in [0, 0.05) is 6.54 Å². The predicted molar refractivity (Wildman–Crippen MR) is 60.0 cm³/mol. The summed E-state index contributed by atoms with van der Waals surface area (Å²) in [6.45, 7) is 0.814. The van der Waals surface area contributed by atoms with E-state index in [0.717, 1.165) is 6.92 Å². The summed E-state index contributed by atoms with van der Waals surface area (Å²) in [4.78, 5) is 10.5. The molecule has 1 aromatic carbocycles. The summed E-state index contributed by atoms with van der Waals surface area (Å²) in [5.74, 6) is -1.49. The first-order valence-corrected chi connectivity index (χ1v) is 5.32. The van der Waals surface area contributed by atoms with Gasteiger partial charge in [0.05, 0.1) is 6.42 Å². The Bertz CT molecular complexity index is 406. The largest absolute Gasteiger partial charge is 0.481 e. The number of halogens is 3. The number of aliphatic carboxylic acids is 1. The van der Waals surface area contributed by atoms with Crippen molar-refractivity contribution in [3.63, 3.8) is 0 Å². The molecule has 18 heavy (non-hydrogen) atoms. The molecule has 0 fully saturated rings. The topological polar surface area (TPSA) is 49.3 Å². The molecule has 6 heteroatoms. The summed E-state index contributed by atoms with van der Waals surface area (Å²) < 4.78 is 38.5. The first kappa shape index (κ1) is 14.5. The molecule has 1 rings (SSSR count). The van der Waals surface area contributed by atoms with Crippen molar-refractivity contribution in [3.05, 3.63) is 35.9 Å². The Kier molecular flexibility index (Phi) is 4.34. The van der Waals surface area contributed by atoms with Gasteiger partial charge in [0.15, 0.2) is 0 Å². The molecule has 0 aliphatic heterocycles. The van der Waals surface area contributed by atoms with Crippen molar-refractivity contribution in [2.45, 2.75) is 31.6 Å². The highest BCUT2D eigenvalue weighted by molar-refractivity contribution is 5.68. The van der Waals surface area contributed by atoms with Gasteiger partial charge in [0.25, 0.3) is 0 Å². The van der Waals surface area contributed by atoms with Crippen LogP contribution in [0.5, 0.6) is 0 Å². The Labute approximate surface area is 103 Å². The normalized spacial score (nSPS) is 15.1. The maximum Gasteiger partial charge on any atom is 0.406 e. The average molecular weight is 261 g/mol. The first-order chi connectivity index (χ1) is 8.24. The van der Waals surface area contributed by atoms with Gasteiger partial charge in [0.1, 0.15) is 5.54 Å². The number of alkyl halides is 3. The zero-order valence-corrected chi connectivity index (χ0v) is 9.79. The highest BCUT2D eigenvalue weighted by atomic mass is 19.4. The van der Waals surface area contributed by atoms with Gasteiger partial charge in [-0.15, -0.1) is 0 Å². The monoisotopic (exact) mass is 261 g/mol. The van der Waals surface area contributed by atoms with Crippen LogP contribution in [-0.4, -0.2) is 22.8 Å². The van der Waals surface area contributed by atoms with Crippen LogP contribution in [0.3, 0.4) is 0 Å². The summed E-state index contributed by atoms with van der Waals surface area (Å²) in [5, 5.41) is 10.8. The van der Waals surface area contributed by atoms with Crippen LogP contribution in [0.1, 0.15) is 18.9 Å². The van der Waals surface area contributed by atoms with E-state index in [0.29, 0.717) is 5.56 Å². The van der Waals surface area contributed by atoms with Crippen molar-refractivity contribution in [2.24, 2.45) is 0 Å². The lowest BCUT2D eigenvalue weighted by atomic mass is 9.96. The van der Waals surface area contributed by atoms with Crippen molar-refractivity contribution in [3.8, 4) is 0 Å². The number of rotatable bonds is 5. The SMILES string of the molecule is CC(CC(=O)O)(NCc1ccccc1)C(F)(F)F. The summed E-state index contributed by atoms with van der Waals surface area (Å²) in [6.07, 6.45) is -5.64. The van der Waals surface area contributed by atoms with Crippen molar-refractivity contribution in [1.29, 1.82) is 0 Å². The van der Waals surface area contributed by atoms with E-state index < -0.39 is 24.1 Å². The third-order valence-corrected chi connectivity index (χ3v) is 2.66. The molecule has 1 unspecified atom stereocenters. The maximum atomic E-state index is 12.8. The minimum atomic E-state index is -4.62. The number of nitrogens with one attached hydrogen (secondary N) is 1.